The molecule has 1 amide bonds. The number of thiazole rings is 1. The third-order valence-corrected chi connectivity index (χ3v) is 8.23. The summed E-state index contributed by atoms with van der Waals surface area (Å²) in [6, 6.07) is 4.63. The smallest absolute Gasteiger partial charge is 0.273 e. The molecular weight excluding hydrogens is 446 g/mol. The van der Waals surface area contributed by atoms with E-state index in [-0.39, 0.29) is 5.91 Å². The molecule has 2 aliphatic heterocycles. The van der Waals surface area contributed by atoms with Crippen molar-refractivity contribution < 1.29 is 4.79 Å². The molecule has 1 saturated heterocycles. The first-order valence-electron chi connectivity index (χ1n) is 12.2. The van der Waals surface area contributed by atoms with Crippen LogP contribution >= 0.6 is 11.3 Å². The van der Waals surface area contributed by atoms with E-state index in [2.05, 4.69) is 19.8 Å². The van der Waals surface area contributed by atoms with Crippen molar-refractivity contribution in [3.05, 3.63) is 53.1 Å². The van der Waals surface area contributed by atoms with Gasteiger partial charge >= 0.3 is 0 Å². The van der Waals surface area contributed by atoms with E-state index in [9.17, 15) is 4.79 Å². The number of fused-ring (bicyclic) bond motifs is 1. The first kappa shape index (κ1) is 21.6. The van der Waals surface area contributed by atoms with Gasteiger partial charge in [-0.3, -0.25) is 14.7 Å². The molecule has 9 heteroatoms. The molecule has 0 aromatic carbocycles. The van der Waals surface area contributed by atoms with Gasteiger partial charge in [-0.2, -0.15) is 0 Å². The predicted molar refractivity (Wildman–Crippen MR) is 132 cm³/mol. The van der Waals surface area contributed by atoms with Crippen molar-refractivity contribution >= 4 is 23.2 Å². The van der Waals surface area contributed by atoms with Crippen LogP contribution < -0.4 is 4.90 Å². The van der Waals surface area contributed by atoms with Gasteiger partial charge in [0.1, 0.15) is 10.7 Å². The number of aromatic nitrogens is 4. The third kappa shape index (κ3) is 4.30. The Hall–Kier alpha value is -2.91. The van der Waals surface area contributed by atoms with Crippen LogP contribution in [0.15, 0.2) is 36.1 Å². The second-order valence-electron chi connectivity index (χ2n) is 9.32. The van der Waals surface area contributed by atoms with Crippen molar-refractivity contribution in [3.8, 4) is 10.6 Å². The quantitative estimate of drug-likeness (QED) is 0.574. The Kier molecular flexibility index (Phi) is 5.97. The van der Waals surface area contributed by atoms with Gasteiger partial charge in [-0.1, -0.05) is 6.42 Å². The summed E-state index contributed by atoms with van der Waals surface area (Å²) in [6.45, 7) is 5.49. The van der Waals surface area contributed by atoms with Gasteiger partial charge in [0.2, 0.25) is 5.95 Å². The number of carbonyl (C=O) groups is 1. The molecule has 0 N–H and O–H groups in total. The zero-order valence-electron chi connectivity index (χ0n) is 19.3. The van der Waals surface area contributed by atoms with Crippen LogP contribution in [0, 0.1) is 0 Å². The monoisotopic (exact) mass is 475 g/mol. The number of hydrogen-bond acceptors (Lipinski definition) is 8. The number of piperazine rings is 1. The highest BCUT2D eigenvalue weighted by molar-refractivity contribution is 7.13. The van der Waals surface area contributed by atoms with Crippen molar-refractivity contribution in [2.24, 2.45) is 0 Å². The van der Waals surface area contributed by atoms with Gasteiger partial charge < -0.3 is 9.80 Å². The Morgan fingerprint density at radius 2 is 1.76 bits per heavy atom. The molecule has 1 saturated carbocycles. The fraction of sp³-hybridized carbons (Fsp3) is 0.480. The van der Waals surface area contributed by atoms with E-state index >= 15 is 0 Å². The van der Waals surface area contributed by atoms with Crippen molar-refractivity contribution in [3.63, 3.8) is 0 Å². The molecule has 34 heavy (non-hydrogen) atoms. The molecule has 3 aromatic heterocycles. The molecule has 2 fully saturated rings. The molecule has 0 atom stereocenters. The molecule has 1 aliphatic carbocycles. The normalized spacial score (nSPS) is 19.4. The fourth-order valence-corrected chi connectivity index (χ4v) is 5.82. The zero-order chi connectivity index (χ0) is 22.9. The van der Waals surface area contributed by atoms with Crippen LogP contribution in [-0.4, -0.2) is 81.0 Å². The van der Waals surface area contributed by atoms with Crippen LogP contribution in [0.1, 0.15) is 41.0 Å². The maximum absolute atomic E-state index is 13.2. The van der Waals surface area contributed by atoms with Crippen LogP contribution in [0.25, 0.3) is 10.6 Å². The summed E-state index contributed by atoms with van der Waals surface area (Å²) < 4.78 is 0. The summed E-state index contributed by atoms with van der Waals surface area (Å²) in [7, 11) is 0. The second kappa shape index (κ2) is 9.38. The van der Waals surface area contributed by atoms with Crippen LogP contribution in [0.4, 0.5) is 5.95 Å². The molecule has 0 spiro atoms. The average Bonchev–Trinajstić information content (AvgIpc) is 3.25. The molecule has 5 heterocycles. The Bertz CT molecular complexity index is 1160. The minimum Gasteiger partial charge on any atom is -0.338 e. The van der Waals surface area contributed by atoms with Crippen molar-refractivity contribution in [1.82, 2.24) is 29.7 Å². The molecule has 0 bridgehead atoms. The van der Waals surface area contributed by atoms with E-state index in [4.69, 9.17) is 9.97 Å². The Morgan fingerprint density at radius 1 is 0.971 bits per heavy atom. The molecule has 3 aromatic rings. The lowest BCUT2D eigenvalue weighted by atomic mass is 9.91. The summed E-state index contributed by atoms with van der Waals surface area (Å²) in [4.78, 5) is 38.4. The SMILES string of the molecule is O=C(c1csc(-c2ccncc2)n1)N1CCc2cnc(N3CCN(C4CCC4)CC3)nc2CC1. The number of carbonyl (C=O) groups excluding carboxylic acids is 1. The van der Waals surface area contributed by atoms with Gasteiger partial charge in [-0.05, 0) is 37.0 Å². The number of pyridine rings is 1. The highest BCUT2D eigenvalue weighted by Crippen LogP contribution is 2.27. The summed E-state index contributed by atoms with van der Waals surface area (Å²) in [5, 5.41) is 2.70. The number of amides is 1. The van der Waals surface area contributed by atoms with Gasteiger partial charge in [0.25, 0.3) is 5.91 Å². The van der Waals surface area contributed by atoms with Gasteiger partial charge in [-0.25, -0.2) is 15.0 Å². The minimum atomic E-state index is -0.00957. The topological polar surface area (TPSA) is 78.4 Å². The van der Waals surface area contributed by atoms with Gasteiger partial charge in [0.15, 0.2) is 0 Å². The van der Waals surface area contributed by atoms with Crippen LogP contribution in [0.3, 0.4) is 0 Å². The Labute approximate surface area is 203 Å². The molecule has 0 unspecified atom stereocenters. The Morgan fingerprint density at radius 3 is 2.53 bits per heavy atom. The van der Waals surface area contributed by atoms with Crippen molar-refractivity contribution in [2.75, 3.05) is 44.2 Å². The number of nitrogens with zero attached hydrogens (tertiary/aromatic N) is 7. The van der Waals surface area contributed by atoms with Crippen molar-refractivity contribution in [2.45, 2.75) is 38.1 Å². The van der Waals surface area contributed by atoms with Gasteiger partial charge in [0, 0.05) is 81.3 Å². The lowest BCUT2D eigenvalue weighted by Gasteiger charge is -2.43. The highest BCUT2D eigenvalue weighted by atomic mass is 32.1. The van der Waals surface area contributed by atoms with E-state index in [1.807, 2.05) is 28.6 Å². The van der Waals surface area contributed by atoms with E-state index in [1.54, 1.807) is 12.4 Å². The average molecular weight is 476 g/mol. The third-order valence-electron chi connectivity index (χ3n) is 7.34. The van der Waals surface area contributed by atoms with Crippen LogP contribution in [0.5, 0.6) is 0 Å². The van der Waals surface area contributed by atoms with Crippen LogP contribution in [0.2, 0.25) is 0 Å². The summed E-state index contributed by atoms with van der Waals surface area (Å²) in [5.41, 5.74) is 3.73. The van der Waals surface area contributed by atoms with E-state index in [0.29, 0.717) is 18.8 Å². The molecule has 6 rings (SSSR count). The van der Waals surface area contributed by atoms with E-state index in [0.717, 1.165) is 72.8 Å². The lowest BCUT2D eigenvalue weighted by molar-refractivity contribution is 0.0758. The number of hydrogen-bond donors (Lipinski definition) is 0. The summed E-state index contributed by atoms with van der Waals surface area (Å²) in [5.74, 6) is 0.831. The Balaban J connectivity index is 1.10. The maximum Gasteiger partial charge on any atom is 0.273 e. The molecule has 8 nitrogen and oxygen atoms in total. The lowest BCUT2D eigenvalue weighted by Crippen LogP contribution is -2.52. The standard InChI is InChI=1S/C25H29N7OS/c33-24(22-17-34-23(28-22)18-4-8-26-9-5-18)31-10-6-19-16-27-25(29-21(19)7-11-31)32-14-12-30(13-15-32)20-2-1-3-20/h4-5,8-9,16-17,20H,1-3,6-7,10-15H2. The zero-order valence-corrected chi connectivity index (χ0v) is 20.1. The summed E-state index contributed by atoms with van der Waals surface area (Å²) >= 11 is 1.49. The minimum absolute atomic E-state index is 0.00957. The largest absolute Gasteiger partial charge is 0.338 e. The number of rotatable bonds is 4. The molecule has 176 valence electrons. The molecular formula is C25H29N7OS. The fourth-order valence-electron chi connectivity index (χ4n) is 5.02. The highest BCUT2D eigenvalue weighted by Gasteiger charge is 2.29. The maximum atomic E-state index is 13.2. The van der Waals surface area contributed by atoms with Gasteiger partial charge in [-0.15, -0.1) is 11.3 Å². The van der Waals surface area contributed by atoms with E-state index < -0.39 is 0 Å². The van der Waals surface area contributed by atoms with Crippen LogP contribution in [-0.2, 0) is 12.8 Å². The molecule has 0 radical (unpaired) electrons. The van der Waals surface area contributed by atoms with E-state index in [1.165, 1.54) is 30.6 Å². The second-order valence-corrected chi connectivity index (χ2v) is 10.2. The first-order valence-corrected chi connectivity index (χ1v) is 13.1. The van der Waals surface area contributed by atoms with Gasteiger partial charge in [0.05, 0.1) is 5.69 Å². The predicted octanol–water partition coefficient (Wildman–Crippen LogP) is 2.91. The summed E-state index contributed by atoms with van der Waals surface area (Å²) in [6.07, 6.45) is 11.1. The van der Waals surface area contributed by atoms with Crippen molar-refractivity contribution in [1.29, 1.82) is 0 Å². The first-order chi connectivity index (χ1) is 16.7. The number of anilines is 1. The molecule has 3 aliphatic rings.